The molecule has 0 radical (unpaired) electrons. The highest BCUT2D eigenvalue weighted by Gasteiger charge is 2.00. The van der Waals surface area contributed by atoms with Gasteiger partial charge >= 0.3 is 0 Å². The Hall–Kier alpha value is -0.370. The lowest BCUT2D eigenvalue weighted by Crippen LogP contribution is -2.03. The van der Waals surface area contributed by atoms with E-state index in [1.54, 1.807) is 6.92 Å². The Labute approximate surface area is 68.6 Å². The molecule has 0 bridgehead atoms. The molecule has 0 rings (SSSR count). The number of carbonyl (C=O) groups excluding carboxylic acids is 1. The van der Waals surface area contributed by atoms with Gasteiger partial charge in [-0.2, -0.15) is 0 Å². The molecule has 1 N–H and O–H groups in total. The third kappa shape index (κ3) is 7.53. The van der Waals surface area contributed by atoms with Gasteiger partial charge in [-0.1, -0.05) is 13.3 Å². The van der Waals surface area contributed by atoms with Crippen LogP contribution in [0.1, 0.15) is 46.0 Å². The molecule has 0 aliphatic rings. The zero-order chi connectivity index (χ0) is 8.69. The first-order chi connectivity index (χ1) is 5.16. The standard InChI is InChI=1S/C9H18O2/c1-3-9(11)7-5-4-6-8(2)10/h9,11H,3-7H2,1-2H3. The second-order valence-electron chi connectivity index (χ2n) is 3.01. The Morgan fingerprint density at radius 3 is 2.55 bits per heavy atom. The number of rotatable bonds is 6. The molecule has 2 heteroatoms. The average Bonchev–Trinajstić information content (AvgIpc) is 1.97. The van der Waals surface area contributed by atoms with Crippen molar-refractivity contribution in [3.8, 4) is 0 Å². The summed E-state index contributed by atoms with van der Waals surface area (Å²) < 4.78 is 0. The number of hydrogen-bond donors (Lipinski definition) is 1. The quantitative estimate of drug-likeness (QED) is 0.599. The zero-order valence-electron chi connectivity index (χ0n) is 7.47. The molecule has 2 nitrogen and oxygen atoms in total. The highest BCUT2D eigenvalue weighted by Crippen LogP contribution is 2.05. The summed E-state index contributed by atoms with van der Waals surface area (Å²) in [6.45, 7) is 3.58. The van der Waals surface area contributed by atoms with Gasteiger partial charge in [-0.15, -0.1) is 0 Å². The number of unbranched alkanes of at least 4 members (excludes halogenated alkanes) is 1. The summed E-state index contributed by atoms with van der Waals surface area (Å²) in [5.74, 6) is 0.246. The fraction of sp³-hybridized carbons (Fsp3) is 0.889. The number of aliphatic hydroxyl groups excluding tert-OH is 1. The Morgan fingerprint density at radius 1 is 1.45 bits per heavy atom. The number of carbonyl (C=O) groups is 1. The van der Waals surface area contributed by atoms with Crippen LogP contribution in [0.5, 0.6) is 0 Å². The van der Waals surface area contributed by atoms with Gasteiger partial charge in [-0.25, -0.2) is 0 Å². The van der Waals surface area contributed by atoms with Crippen LogP contribution in [-0.4, -0.2) is 17.0 Å². The molecule has 0 aromatic heterocycles. The van der Waals surface area contributed by atoms with Crippen molar-refractivity contribution < 1.29 is 9.90 Å². The maximum atomic E-state index is 10.5. The fourth-order valence-electron chi connectivity index (χ4n) is 0.958. The van der Waals surface area contributed by atoms with E-state index in [-0.39, 0.29) is 11.9 Å². The van der Waals surface area contributed by atoms with Crippen LogP contribution in [0.2, 0.25) is 0 Å². The van der Waals surface area contributed by atoms with Gasteiger partial charge in [-0.05, 0) is 26.2 Å². The molecule has 0 amide bonds. The Bertz CT molecular complexity index is 110. The van der Waals surface area contributed by atoms with Crippen LogP contribution in [0.25, 0.3) is 0 Å². The van der Waals surface area contributed by atoms with Crippen LogP contribution in [0, 0.1) is 0 Å². The molecule has 0 aliphatic carbocycles. The summed E-state index contributed by atoms with van der Waals surface area (Å²) in [6, 6.07) is 0. The summed E-state index contributed by atoms with van der Waals surface area (Å²) in [4.78, 5) is 10.5. The van der Waals surface area contributed by atoms with Gasteiger partial charge in [-0.3, -0.25) is 0 Å². The van der Waals surface area contributed by atoms with Gasteiger partial charge in [0.2, 0.25) is 0 Å². The number of Topliss-reactive ketones (excluding diaryl/α,β-unsaturated/α-hetero) is 1. The Balaban J connectivity index is 3.08. The van der Waals surface area contributed by atoms with E-state index >= 15 is 0 Å². The van der Waals surface area contributed by atoms with Crippen molar-refractivity contribution in [3.05, 3.63) is 0 Å². The van der Waals surface area contributed by atoms with Crippen molar-refractivity contribution in [1.29, 1.82) is 0 Å². The van der Waals surface area contributed by atoms with E-state index < -0.39 is 0 Å². The SMILES string of the molecule is CCC(O)CCCCC(C)=O. The normalized spacial score (nSPS) is 13.0. The molecule has 0 aromatic rings. The first kappa shape index (κ1) is 10.6. The second-order valence-corrected chi connectivity index (χ2v) is 3.01. The van der Waals surface area contributed by atoms with E-state index in [1.165, 1.54) is 0 Å². The predicted octanol–water partition coefficient (Wildman–Crippen LogP) is 1.91. The molecule has 0 aliphatic heterocycles. The van der Waals surface area contributed by atoms with Gasteiger partial charge < -0.3 is 9.90 Å². The molecule has 11 heavy (non-hydrogen) atoms. The van der Waals surface area contributed by atoms with E-state index in [2.05, 4.69) is 0 Å². The largest absolute Gasteiger partial charge is 0.393 e. The van der Waals surface area contributed by atoms with Gasteiger partial charge in [0.25, 0.3) is 0 Å². The van der Waals surface area contributed by atoms with E-state index in [0.29, 0.717) is 6.42 Å². The summed E-state index contributed by atoms with van der Waals surface area (Å²) >= 11 is 0. The average molecular weight is 158 g/mol. The molecule has 0 saturated carbocycles. The van der Waals surface area contributed by atoms with Crippen molar-refractivity contribution in [2.75, 3.05) is 0 Å². The molecule has 0 aromatic carbocycles. The summed E-state index contributed by atoms with van der Waals surface area (Å²) in [6.07, 6.45) is 4.04. The monoisotopic (exact) mass is 158 g/mol. The van der Waals surface area contributed by atoms with Crippen LogP contribution >= 0.6 is 0 Å². The maximum Gasteiger partial charge on any atom is 0.129 e. The first-order valence-electron chi connectivity index (χ1n) is 4.34. The van der Waals surface area contributed by atoms with Crippen LogP contribution in [0.3, 0.4) is 0 Å². The van der Waals surface area contributed by atoms with Gasteiger partial charge in [0.1, 0.15) is 5.78 Å². The minimum atomic E-state index is -0.165. The minimum Gasteiger partial charge on any atom is -0.393 e. The lowest BCUT2D eigenvalue weighted by molar-refractivity contribution is -0.117. The molecule has 0 fully saturated rings. The minimum absolute atomic E-state index is 0.165. The smallest absolute Gasteiger partial charge is 0.129 e. The van der Waals surface area contributed by atoms with E-state index in [1.807, 2.05) is 6.92 Å². The van der Waals surface area contributed by atoms with Crippen molar-refractivity contribution in [2.45, 2.75) is 52.1 Å². The maximum absolute atomic E-state index is 10.5. The van der Waals surface area contributed by atoms with Crippen molar-refractivity contribution in [2.24, 2.45) is 0 Å². The summed E-state index contributed by atoms with van der Waals surface area (Å²) in [7, 11) is 0. The van der Waals surface area contributed by atoms with E-state index in [4.69, 9.17) is 5.11 Å². The van der Waals surface area contributed by atoms with Crippen molar-refractivity contribution in [3.63, 3.8) is 0 Å². The van der Waals surface area contributed by atoms with Crippen molar-refractivity contribution >= 4 is 5.78 Å². The second kappa shape index (κ2) is 6.35. The van der Waals surface area contributed by atoms with Crippen LogP contribution < -0.4 is 0 Å². The number of hydrogen-bond acceptors (Lipinski definition) is 2. The summed E-state index contributed by atoms with van der Waals surface area (Å²) in [5, 5.41) is 9.14. The first-order valence-corrected chi connectivity index (χ1v) is 4.34. The number of aliphatic hydroxyl groups is 1. The highest BCUT2D eigenvalue weighted by molar-refractivity contribution is 5.75. The predicted molar refractivity (Wildman–Crippen MR) is 45.4 cm³/mol. The van der Waals surface area contributed by atoms with E-state index in [9.17, 15) is 4.79 Å². The fourth-order valence-corrected chi connectivity index (χ4v) is 0.958. The Kier molecular flexibility index (Phi) is 6.13. The molecular weight excluding hydrogens is 140 g/mol. The van der Waals surface area contributed by atoms with Crippen LogP contribution in [0.4, 0.5) is 0 Å². The highest BCUT2D eigenvalue weighted by atomic mass is 16.3. The Morgan fingerprint density at radius 2 is 2.09 bits per heavy atom. The molecule has 1 unspecified atom stereocenters. The van der Waals surface area contributed by atoms with Gasteiger partial charge in [0.05, 0.1) is 6.10 Å². The lowest BCUT2D eigenvalue weighted by atomic mass is 10.1. The zero-order valence-corrected chi connectivity index (χ0v) is 7.47. The molecule has 0 spiro atoms. The molecule has 0 heterocycles. The van der Waals surface area contributed by atoms with Gasteiger partial charge in [0, 0.05) is 6.42 Å². The molecular formula is C9H18O2. The lowest BCUT2D eigenvalue weighted by Gasteiger charge is -2.05. The van der Waals surface area contributed by atoms with Crippen molar-refractivity contribution in [1.82, 2.24) is 0 Å². The van der Waals surface area contributed by atoms with Crippen LogP contribution in [0.15, 0.2) is 0 Å². The third-order valence-corrected chi connectivity index (χ3v) is 1.79. The van der Waals surface area contributed by atoms with Gasteiger partial charge in [0.15, 0.2) is 0 Å². The molecule has 66 valence electrons. The topological polar surface area (TPSA) is 37.3 Å². The molecule has 1 atom stereocenters. The third-order valence-electron chi connectivity index (χ3n) is 1.79. The number of ketones is 1. The molecule has 0 saturated heterocycles. The van der Waals surface area contributed by atoms with Crippen LogP contribution in [-0.2, 0) is 4.79 Å². The summed E-state index contributed by atoms with van der Waals surface area (Å²) in [5.41, 5.74) is 0. The van der Waals surface area contributed by atoms with E-state index in [0.717, 1.165) is 25.7 Å².